The number of benzene rings is 1. The zero-order valence-electron chi connectivity index (χ0n) is 8.36. The summed E-state index contributed by atoms with van der Waals surface area (Å²) in [6.45, 7) is 0. The summed E-state index contributed by atoms with van der Waals surface area (Å²) in [5, 5.41) is 0. The van der Waals surface area contributed by atoms with E-state index in [1.807, 2.05) is 6.07 Å². The Labute approximate surface area is 87.1 Å². The predicted molar refractivity (Wildman–Crippen MR) is 54.1 cm³/mol. The highest BCUT2D eigenvalue weighted by molar-refractivity contribution is 6.45. The second-order valence-electron chi connectivity index (χ2n) is 3.36. The Morgan fingerprint density at radius 2 is 2.20 bits per heavy atom. The van der Waals surface area contributed by atoms with Gasteiger partial charge in [-0.2, -0.15) is 4.79 Å². The summed E-state index contributed by atoms with van der Waals surface area (Å²) in [7, 11) is 1.59. The Balaban J connectivity index is 2.66. The molecule has 76 valence electrons. The van der Waals surface area contributed by atoms with Crippen LogP contribution in [0, 0.1) is 0 Å². The first-order valence-corrected chi connectivity index (χ1v) is 4.69. The SMILES string of the molecule is COc1cccc2c1CCC(=O)C2=[N+]=[N-]. The summed E-state index contributed by atoms with van der Waals surface area (Å²) >= 11 is 0. The standard InChI is InChI=1S/C11H10N2O2/c1-15-10-4-2-3-8-7(10)5-6-9(14)11(8)13-12/h2-4H,5-6H2,1H3. The number of rotatable bonds is 1. The zero-order chi connectivity index (χ0) is 10.8. The number of hydrogen-bond donors (Lipinski definition) is 0. The van der Waals surface area contributed by atoms with Crippen molar-refractivity contribution in [2.24, 2.45) is 0 Å². The molecule has 0 aliphatic heterocycles. The van der Waals surface area contributed by atoms with Gasteiger partial charge in [-0.05, 0) is 18.6 Å². The molecule has 0 amide bonds. The monoisotopic (exact) mass is 202 g/mol. The molecule has 0 spiro atoms. The van der Waals surface area contributed by atoms with Gasteiger partial charge in [-0.15, -0.1) is 0 Å². The van der Waals surface area contributed by atoms with Gasteiger partial charge in [0.15, 0.2) is 0 Å². The number of fused-ring (bicyclic) bond motifs is 1. The van der Waals surface area contributed by atoms with Crippen LogP contribution in [0.25, 0.3) is 5.53 Å². The molecule has 0 unspecified atom stereocenters. The van der Waals surface area contributed by atoms with Crippen molar-refractivity contribution in [3.8, 4) is 5.75 Å². The van der Waals surface area contributed by atoms with Crippen molar-refractivity contribution in [3.05, 3.63) is 34.9 Å². The van der Waals surface area contributed by atoms with Crippen LogP contribution < -0.4 is 4.74 Å². The molecule has 1 aliphatic carbocycles. The maximum atomic E-state index is 11.5. The van der Waals surface area contributed by atoms with Gasteiger partial charge in [0.2, 0.25) is 5.78 Å². The Morgan fingerprint density at radius 3 is 2.87 bits per heavy atom. The van der Waals surface area contributed by atoms with E-state index >= 15 is 0 Å². The summed E-state index contributed by atoms with van der Waals surface area (Å²) in [4.78, 5) is 14.5. The number of carbonyl (C=O) groups excluding carboxylic acids is 1. The third-order valence-electron chi connectivity index (χ3n) is 2.57. The molecular formula is C11H10N2O2. The molecule has 0 radical (unpaired) electrons. The topological polar surface area (TPSA) is 62.7 Å². The van der Waals surface area contributed by atoms with E-state index in [-0.39, 0.29) is 11.5 Å². The maximum Gasteiger partial charge on any atom is 0.365 e. The molecule has 4 nitrogen and oxygen atoms in total. The minimum Gasteiger partial charge on any atom is -0.496 e. The first kappa shape index (κ1) is 9.62. The minimum atomic E-state index is -0.127. The first-order valence-electron chi connectivity index (χ1n) is 4.69. The molecule has 0 heterocycles. The molecule has 0 saturated heterocycles. The van der Waals surface area contributed by atoms with Crippen LogP contribution in [0.1, 0.15) is 17.5 Å². The van der Waals surface area contributed by atoms with Gasteiger partial charge in [0, 0.05) is 12.0 Å². The molecule has 1 aromatic rings. The highest BCUT2D eigenvalue weighted by Gasteiger charge is 2.31. The van der Waals surface area contributed by atoms with Crippen LogP contribution in [-0.4, -0.2) is 23.4 Å². The summed E-state index contributed by atoms with van der Waals surface area (Å²) in [5.74, 6) is 0.611. The molecule has 0 fully saturated rings. The second-order valence-corrected chi connectivity index (χ2v) is 3.36. The van der Waals surface area contributed by atoms with E-state index < -0.39 is 0 Å². The number of Topliss-reactive ketones (excluding diaryl/α,β-unsaturated/α-hetero) is 1. The smallest absolute Gasteiger partial charge is 0.365 e. The van der Waals surface area contributed by atoms with E-state index in [1.165, 1.54) is 0 Å². The molecule has 4 heteroatoms. The van der Waals surface area contributed by atoms with Crippen LogP contribution in [0.15, 0.2) is 18.2 Å². The van der Waals surface area contributed by atoms with Gasteiger partial charge in [0.05, 0.1) is 12.7 Å². The lowest BCUT2D eigenvalue weighted by Crippen LogP contribution is -2.24. The Kier molecular flexibility index (Phi) is 2.35. The van der Waals surface area contributed by atoms with Crippen molar-refractivity contribution in [1.82, 2.24) is 0 Å². The van der Waals surface area contributed by atoms with E-state index in [4.69, 9.17) is 10.3 Å². The normalized spacial score (nSPS) is 14.5. The number of nitrogens with zero attached hydrogens (tertiary/aromatic N) is 2. The van der Waals surface area contributed by atoms with Crippen LogP contribution in [0.4, 0.5) is 0 Å². The Bertz CT molecular complexity index is 473. The number of hydrogen-bond acceptors (Lipinski definition) is 2. The van der Waals surface area contributed by atoms with Crippen molar-refractivity contribution in [1.29, 1.82) is 0 Å². The minimum absolute atomic E-state index is 0.127. The molecule has 0 saturated carbocycles. The molecule has 1 aliphatic rings. The Morgan fingerprint density at radius 1 is 1.40 bits per heavy atom. The average Bonchev–Trinajstić information content (AvgIpc) is 2.28. The predicted octanol–water partition coefficient (Wildman–Crippen LogP) is 1.23. The van der Waals surface area contributed by atoms with Crippen LogP contribution in [-0.2, 0) is 11.2 Å². The fraction of sp³-hybridized carbons (Fsp3) is 0.273. The summed E-state index contributed by atoms with van der Waals surface area (Å²) < 4.78 is 5.19. The molecule has 15 heavy (non-hydrogen) atoms. The van der Waals surface area contributed by atoms with E-state index in [0.29, 0.717) is 18.4 Å². The van der Waals surface area contributed by atoms with Crippen LogP contribution >= 0.6 is 0 Å². The molecule has 2 rings (SSSR count). The lowest BCUT2D eigenvalue weighted by atomic mass is 9.88. The van der Waals surface area contributed by atoms with E-state index in [0.717, 1.165) is 11.3 Å². The van der Waals surface area contributed by atoms with Crippen molar-refractivity contribution >= 4 is 11.5 Å². The van der Waals surface area contributed by atoms with E-state index in [9.17, 15) is 4.79 Å². The zero-order valence-corrected chi connectivity index (χ0v) is 8.36. The molecule has 0 atom stereocenters. The van der Waals surface area contributed by atoms with Crippen molar-refractivity contribution in [3.63, 3.8) is 0 Å². The first-order chi connectivity index (χ1) is 7.27. The maximum absolute atomic E-state index is 11.5. The van der Waals surface area contributed by atoms with Gasteiger partial charge < -0.3 is 10.3 Å². The van der Waals surface area contributed by atoms with Gasteiger partial charge in [0.25, 0.3) is 0 Å². The molecule has 0 aromatic heterocycles. The number of carbonyl (C=O) groups is 1. The largest absolute Gasteiger partial charge is 0.496 e. The second kappa shape index (κ2) is 3.67. The fourth-order valence-corrected chi connectivity index (χ4v) is 1.85. The van der Waals surface area contributed by atoms with Crippen LogP contribution in [0.2, 0.25) is 0 Å². The molecule has 1 aromatic carbocycles. The van der Waals surface area contributed by atoms with Crippen molar-refractivity contribution in [2.45, 2.75) is 12.8 Å². The van der Waals surface area contributed by atoms with Gasteiger partial charge >= 0.3 is 5.71 Å². The molecule has 0 N–H and O–H groups in total. The number of methoxy groups -OCH3 is 1. The van der Waals surface area contributed by atoms with Crippen LogP contribution in [0.3, 0.4) is 0 Å². The molecule has 0 bridgehead atoms. The van der Waals surface area contributed by atoms with E-state index in [1.54, 1.807) is 19.2 Å². The van der Waals surface area contributed by atoms with Gasteiger partial charge in [0.1, 0.15) is 5.75 Å². The van der Waals surface area contributed by atoms with Gasteiger partial charge in [-0.1, -0.05) is 6.07 Å². The quantitative estimate of drug-likeness (QED) is 0.508. The molecular weight excluding hydrogens is 192 g/mol. The van der Waals surface area contributed by atoms with Crippen LogP contribution in [0.5, 0.6) is 5.75 Å². The lowest BCUT2D eigenvalue weighted by Gasteiger charge is -2.14. The Hall–Kier alpha value is -1.93. The number of ether oxygens (including phenoxy) is 1. The fourth-order valence-electron chi connectivity index (χ4n) is 1.85. The van der Waals surface area contributed by atoms with Gasteiger partial charge in [-0.25, -0.2) is 0 Å². The third-order valence-corrected chi connectivity index (χ3v) is 2.57. The van der Waals surface area contributed by atoms with Gasteiger partial charge in [-0.3, -0.25) is 4.79 Å². The lowest BCUT2D eigenvalue weighted by molar-refractivity contribution is -0.117. The van der Waals surface area contributed by atoms with E-state index in [2.05, 4.69) is 4.79 Å². The highest BCUT2D eigenvalue weighted by atomic mass is 16.5. The third kappa shape index (κ3) is 1.45. The highest BCUT2D eigenvalue weighted by Crippen LogP contribution is 2.27. The average molecular weight is 202 g/mol. The summed E-state index contributed by atoms with van der Waals surface area (Å²) in [6.07, 6.45) is 1.00. The van der Waals surface area contributed by atoms with Crippen molar-refractivity contribution < 1.29 is 14.3 Å². The number of ketones is 1. The summed E-state index contributed by atoms with van der Waals surface area (Å²) in [6, 6.07) is 5.38. The van der Waals surface area contributed by atoms with Crippen molar-refractivity contribution in [2.75, 3.05) is 7.11 Å². The summed E-state index contributed by atoms with van der Waals surface area (Å²) in [5.41, 5.74) is 10.5.